The summed E-state index contributed by atoms with van der Waals surface area (Å²) in [4.78, 5) is 33.1. The van der Waals surface area contributed by atoms with Crippen LogP contribution in [0.1, 0.15) is 31.6 Å². The molecule has 2 unspecified atom stereocenters. The van der Waals surface area contributed by atoms with Gasteiger partial charge in [-0.1, -0.05) is 13.8 Å². The minimum Gasteiger partial charge on any atom is -0.354 e. The standard InChI is InChI=1S/C19H28N4O2S/c1-13-7-14(2)10-22(9-13)6-4-5-20-17(24)11-23-12-21-18-16(19(23)25)8-15(3)26-18/h8,12-14H,4-7,9-11H2,1-3H3,(H,20,24). The van der Waals surface area contributed by atoms with E-state index in [1.807, 2.05) is 13.0 Å². The van der Waals surface area contributed by atoms with Crippen molar-refractivity contribution in [1.29, 1.82) is 0 Å². The van der Waals surface area contributed by atoms with E-state index in [2.05, 4.69) is 29.0 Å². The Kier molecular flexibility index (Phi) is 6.09. The topological polar surface area (TPSA) is 67.2 Å². The van der Waals surface area contributed by atoms with Gasteiger partial charge in [-0.2, -0.15) is 0 Å². The van der Waals surface area contributed by atoms with Crippen LogP contribution in [0.3, 0.4) is 0 Å². The first-order valence-corrected chi connectivity index (χ1v) is 10.2. The van der Waals surface area contributed by atoms with Crippen molar-refractivity contribution in [3.05, 3.63) is 27.6 Å². The van der Waals surface area contributed by atoms with Gasteiger partial charge in [0.1, 0.15) is 11.4 Å². The van der Waals surface area contributed by atoms with Gasteiger partial charge in [0, 0.05) is 24.5 Å². The third-order valence-corrected chi connectivity index (χ3v) is 5.83. The van der Waals surface area contributed by atoms with Crippen molar-refractivity contribution in [2.75, 3.05) is 26.2 Å². The van der Waals surface area contributed by atoms with E-state index < -0.39 is 0 Å². The molecule has 3 heterocycles. The lowest BCUT2D eigenvalue weighted by Crippen LogP contribution is -2.40. The molecule has 0 bridgehead atoms. The highest BCUT2D eigenvalue weighted by atomic mass is 32.1. The number of thiophene rings is 1. The minimum absolute atomic E-state index is 0.0223. The summed E-state index contributed by atoms with van der Waals surface area (Å²) in [6.45, 7) is 10.5. The maximum Gasteiger partial charge on any atom is 0.262 e. The normalized spacial score (nSPS) is 21.2. The molecule has 0 aromatic carbocycles. The molecule has 1 N–H and O–H groups in total. The fourth-order valence-corrected chi connectivity index (χ4v) is 4.75. The maximum atomic E-state index is 12.4. The van der Waals surface area contributed by atoms with Crippen LogP contribution < -0.4 is 10.9 Å². The van der Waals surface area contributed by atoms with Crippen molar-refractivity contribution in [1.82, 2.24) is 19.8 Å². The number of hydrogen-bond donors (Lipinski definition) is 1. The number of rotatable bonds is 6. The second-order valence-corrected chi connectivity index (χ2v) is 8.90. The highest BCUT2D eigenvalue weighted by Gasteiger charge is 2.21. The Morgan fingerprint density at radius 1 is 1.35 bits per heavy atom. The number of aryl methyl sites for hydroxylation is 1. The number of fused-ring (bicyclic) bond motifs is 1. The van der Waals surface area contributed by atoms with Crippen LogP contribution >= 0.6 is 11.3 Å². The Balaban J connectivity index is 1.46. The fourth-order valence-electron chi connectivity index (χ4n) is 3.91. The molecular formula is C19H28N4O2S. The Morgan fingerprint density at radius 3 is 2.81 bits per heavy atom. The van der Waals surface area contributed by atoms with Crippen LogP contribution in [-0.4, -0.2) is 46.5 Å². The third-order valence-electron chi connectivity index (χ3n) is 4.87. The number of carbonyl (C=O) groups excluding carboxylic acids is 1. The van der Waals surface area contributed by atoms with Gasteiger partial charge < -0.3 is 10.2 Å². The largest absolute Gasteiger partial charge is 0.354 e. The average Bonchev–Trinajstić information content (AvgIpc) is 2.95. The van der Waals surface area contributed by atoms with E-state index in [9.17, 15) is 9.59 Å². The quantitative estimate of drug-likeness (QED) is 0.785. The van der Waals surface area contributed by atoms with E-state index in [0.717, 1.165) is 47.6 Å². The van der Waals surface area contributed by atoms with E-state index in [1.165, 1.54) is 28.7 Å². The van der Waals surface area contributed by atoms with Crippen molar-refractivity contribution in [3.8, 4) is 0 Å². The van der Waals surface area contributed by atoms with Gasteiger partial charge in [-0.15, -0.1) is 11.3 Å². The summed E-state index contributed by atoms with van der Waals surface area (Å²) in [5.74, 6) is 1.37. The van der Waals surface area contributed by atoms with Crippen molar-refractivity contribution < 1.29 is 4.79 Å². The summed E-state index contributed by atoms with van der Waals surface area (Å²) >= 11 is 1.49. The molecule has 0 radical (unpaired) electrons. The Labute approximate surface area is 158 Å². The molecule has 142 valence electrons. The molecule has 1 fully saturated rings. The molecule has 1 aliphatic heterocycles. The molecule has 2 aromatic rings. The van der Waals surface area contributed by atoms with E-state index in [0.29, 0.717) is 11.9 Å². The molecule has 2 atom stereocenters. The summed E-state index contributed by atoms with van der Waals surface area (Å²) in [6.07, 6.45) is 3.71. The van der Waals surface area contributed by atoms with Gasteiger partial charge >= 0.3 is 0 Å². The van der Waals surface area contributed by atoms with E-state index in [1.54, 1.807) is 0 Å². The number of aromatic nitrogens is 2. The molecule has 0 saturated carbocycles. The number of hydrogen-bond acceptors (Lipinski definition) is 5. The first kappa shape index (κ1) is 19.0. The smallest absolute Gasteiger partial charge is 0.262 e. The molecule has 1 aliphatic rings. The van der Waals surface area contributed by atoms with Gasteiger partial charge in [0.15, 0.2) is 0 Å². The molecule has 6 nitrogen and oxygen atoms in total. The third kappa shape index (κ3) is 4.71. The predicted molar refractivity (Wildman–Crippen MR) is 106 cm³/mol. The van der Waals surface area contributed by atoms with Crippen LogP contribution in [-0.2, 0) is 11.3 Å². The number of nitrogens with zero attached hydrogens (tertiary/aromatic N) is 3. The lowest BCUT2D eigenvalue weighted by molar-refractivity contribution is -0.121. The molecule has 1 saturated heterocycles. The SMILES string of the molecule is Cc1cc2c(=O)n(CC(=O)NCCCN3CC(C)CC(C)C3)cnc2s1. The van der Waals surface area contributed by atoms with Crippen molar-refractivity contribution >= 4 is 27.5 Å². The first-order valence-electron chi connectivity index (χ1n) is 9.37. The molecule has 7 heteroatoms. The molecular weight excluding hydrogens is 348 g/mol. The summed E-state index contributed by atoms with van der Waals surface area (Å²) in [5.41, 5.74) is -0.147. The lowest BCUT2D eigenvalue weighted by atomic mass is 9.92. The second-order valence-electron chi connectivity index (χ2n) is 7.66. The Hall–Kier alpha value is -1.73. The highest BCUT2D eigenvalue weighted by Crippen LogP contribution is 2.21. The second kappa shape index (κ2) is 8.31. The first-order chi connectivity index (χ1) is 12.4. The monoisotopic (exact) mass is 376 g/mol. The predicted octanol–water partition coefficient (Wildman–Crippen LogP) is 2.25. The summed E-state index contributed by atoms with van der Waals surface area (Å²) in [6, 6.07) is 1.84. The average molecular weight is 377 g/mol. The van der Waals surface area contributed by atoms with Gasteiger partial charge in [-0.3, -0.25) is 14.2 Å². The molecule has 0 spiro atoms. The van der Waals surface area contributed by atoms with Gasteiger partial charge in [0.05, 0.1) is 11.7 Å². The van der Waals surface area contributed by atoms with Crippen LogP contribution in [0.25, 0.3) is 10.2 Å². The van der Waals surface area contributed by atoms with Gasteiger partial charge in [-0.25, -0.2) is 4.98 Å². The fraction of sp³-hybridized carbons (Fsp3) is 0.632. The van der Waals surface area contributed by atoms with Crippen LogP contribution in [0, 0.1) is 18.8 Å². The zero-order chi connectivity index (χ0) is 18.7. The maximum absolute atomic E-state index is 12.4. The van der Waals surface area contributed by atoms with Crippen molar-refractivity contribution in [2.45, 2.75) is 40.2 Å². The van der Waals surface area contributed by atoms with Crippen LogP contribution in [0.4, 0.5) is 0 Å². The Bertz CT molecular complexity index is 819. The summed E-state index contributed by atoms with van der Waals surface area (Å²) < 4.78 is 1.39. The van der Waals surface area contributed by atoms with Gasteiger partial charge in [0.2, 0.25) is 5.91 Å². The molecule has 1 amide bonds. The van der Waals surface area contributed by atoms with Crippen LogP contribution in [0.5, 0.6) is 0 Å². The lowest BCUT2D eigenvalue weighted by Gasteiger charge is -2.34. The van der Waals surface area contributed by atoms with Crippen LogP contribution in [0.15, 0.2) is 17.2 Å². The van der Waals surface area contributed by atoms with Gasteiger partial charge in [0.25, 0.3) is 5.56 Å². The van der Waals surface area contributed by atoms with E-state index >= 15 is 0 Å². The van der Waals surface area contributed by atoms with Crippen molar-refractivity contribution in [2.24, 2.45) is 11.8 Å². The number of amides is 1. The molecule has 26 heavy (non-hydrogen) atoms. The number of carbonyl (C=O) groups is 1. The van der Waals surface area contributed by atoms with Crippen LogP contribution in [0.2, 0.25) is 0 Å². The Morgan fingerprint density at radius 2 is 2.08 bits per heavy atom. The van der Waals surface area contributed by atoms with Gasteiger partial charge in [-0.05, 0) is 44.2 Å². The summed E-state index contributed by atoms with van der Waals surface area (Å²) in [7, 11) is 0. The molecule has 2 aromatic heterocycles. The zero-order valence-corrected chi connectivity index (χ0v) is 16.6. The molecule has 0 aliphatic carbocycles. The summed E-state index contributed by atoms with van der Waals surface area (Å²) in [5, 5.41) is 3.52. The van der Waals surface area contributed by atoms with E-state index in [-0.39, 0.29) is 18.0 Å². The van der Waals surface area contributed by atoms with E-state index in [4.69, 9.17) is 0 Å². The number of nitrogens with one attached hydrogen (secondary N) is 1. The number of piperidine rings is 1. The van der Waals surface area contributed by atoms with Crippen molar-refractivity contribution in [3.63, 3.8) is 0 Å². The number of likely N-dealkylation sites (tertiary alicyclic amines) is 1. The zero-order valence-electron chi connectivity index (χ0n) is 15.8. The minimum atomic E-state index is -0.147. The highest BCUT2D eigenvalue weighted by molar-refractivity contribution is 7.18. The molecule has 3 rings (SSSR count).